The number of hydrogen-bond donors (Lipinski definition) is 3. The summed E-state index contributed by atoms with van der Waals surface area (Å²) >= 11 is 3.81. The van der Waals surface area contributed by atoms with Crippen molar-refractivity contribution >= 4 is 33.8 Å². The van der Waals surface area contributed by atoms with Gasteiger partial charge in [0, 0.05) is 112 Å². The molecule has 15 rings (SSSR count). The summed E-state index contributed by atoms with van der Waals surface area (Å²) in [5, 5.41) is 14.4. The number of cyclic esters (lactones) is 3. The average Bonchev–Trinajstić information content (AvgIpc) is 1.67. The summed E-state index contributed by atoms with van der Waals surface area (Å²) in [5.41, 5.74) is 12.7. The largest absolute Gasteiger partial charge is 0.493 e. The monoisotopic (exact) mass is 1530 g/mol. The van der Waals surface area contributed by atoms with Gasteiger partial charge in [-0.05, 0) is 137 Å². The summed E-state index contributed by atoms with van der Waals surface area (Å²) in [5.74, 6) is 5.31. The van der Waals surface area contributed by atoms with Crippen LogP contribution in [0.4, 0.5) is 0 Å². The van der Waals surface area contributed by atoms with Gasteiger partial charge in [-0.25, -0.2) is 0 Å². The van der Waals surface area contributed by atoms with E-state index in [1.54, 1.807) is 62.9 Å². The molecule has 3 aliphatic carbocycles. The second kappa shape index (κ2) is 30.0. The van der Waals surface area contributed by atoms with Crippen LogP contribution in [0.15, 0.2) is 72.8 Å². The molecule has 9 aliphatic rings. The van der Waals surface area contributed by atoms with Crippen molar-refractivity contribution in [1.29, 1.82) is 0 Å². The van der Waals surface area contributed by atoms with Gasteiger partial charge in [0.05, 0.1) is 108 Å². The molecule has 0 saturated carbocycles. The Hall–Kier alpha value is -6.70. The quantitative estimate of drug-likeness (QED) is 0.0556. The van der Waals surface area contributed by atoms with Crippen molar-refractivity contribution < 1.29 is 170 Å². The molecule has 0 aromatic heterocycles. The molecule has 2 radical (unpaired) electrons. The summed E-state index contributed by atoms with van der Waals surface area (Å²) in [7, 11) is 17.5. The molecule has 24 nitrogen and oxygen atoms in total. The van der Waals surface area contributed by atoms with Gasteiger partial charge < -0.3 is 101 Å². The minimum Gasteiger partial charge on any atom is -0.493 e. The zero-order chi connectivity index (χ0) is 65.7. The Labute approximate surface area is 607 Å². The molecular formula is C68H73BrN2O22Y2. The average molecular weight is 1530 g/mol. The number of nitrogens with two attached hydrogens (primary N) is 1. The Morgan fingerprint density at radius 2 is 0.663 bits per heavy atom. The zero-order valence-corrected chi connectivity index (χ0v) is 61.5. The van der Waals surface area contributed by atoms with Gasteiger partial charge in [-0.1, -0.05) is 15.9 Å². The van der Waals surface area contributed by atoms with E-state index >= 15 is 0 Å². The molecule has 0 bridgehead atoms. The van der Waals surface area contributed by atoms with E-state index in [-0.39, 0.29) is 169 Å². The van der Waals surface area contributed by atoms with Crippen molar-refractivity contribution in [1.82, 2.24) is 5.32 Å². The summed E-state index contributed by atoms with van der Waals surface area (Å²) < 4.78 is 99.6. The number of methoxy groups -OCH3 is 9. The molecule has 3 unspecified atom stereocenters. The Morgan fingerprint density at radius 3 is 1.00 bits per heavy atom. The van der Waals surface area contributed by atoms with Gasteiger partial charge in [-0.2, -0.15) is 0 Å². The second-order valence-electron chi connectivity index (χ2n) is 22.9. The Bertz CT molecular complexity index is 3640. The van der Waals surface area contributed by atoms with Crippen molar-refractivity contribution in [3.63, 3.8) is 0 Å². The standard InChI is InChI=1S/C23H25NO7.C22H21BrO7.C22H22O8.CH5N.2Y/c1-24-21-13-8-16-15(30-10-31-16)7-12(13)19(20-14(21)9-29-23(20)25)11-5-17(26-2)22(28-4)18(6-11)27-3;2*1-25-16-4-10(5-17(26-2)21(16)27-3)18-11-6-14-15(30-9-29-14)7-12(11)20(23)13-8-28-22(24)19(13)18;1-2;;/h5-8,14,19-21,24H,9-10H2,1-4H3;4-7,13,18-20H,8-9H2,1-3H3;4-7,13,18-20,23H,8-9H2,1-3H3;2H2,1H3;;/t14-,19?,20-,21+;13-,18?,19-,20+;13-,18?,19-,20-;;;/m000.../s1. The summed E-state index contributed by atoms with van der Waals surface area (Å²) in [6.45, 7) is 1.40. The molecule has 0 amide bonds. The molecule has 0 spiro atoms. The first-order valence-electron chi connectivity index (χ1n) is 30.0. The number of halogens is 1. The van der Waals surface area contributed by atoms with Gasteiger partial charge in [0.15, 0.2) is 69.0 Å². The van der Waals surface area contributed by atoms with E-state index in [1.807, 2.05) is 73.8 Å². The smallest absolute Gasteiger partial charge is 0.310 e. The normalized spacial score (nSPS) is 24.8. The number of aliphatic hydroxyl groups excluding tert-OH is 1. The topological polar surface area (TPSA) is 276 Å². The zero-order valence-electron chi connectivity index (χ0n) is 54.2. The molecule has 3 fully saturated rings. The maximum Gasteiger partial charge on any atom is 0.310 e. The molecule has 27 heteroatoms. The van der Waals surface area contributed by atoms with E-state index in [4.69, 9.17) is 85.3 Å². The summed E-state index contributed by atoms with van der Waals surface area (Å²) in [6, 6.07) is 22.9. The van der Waals surface area contributed by atoms with Crippen LogP contribution in [-0.2, 0) is 94.0 Å². The number of alkyl halides is 1. The third-order valence-corrected chi connectivity index (χ3v) is 20.1. The number of benzene rings is 6. The number of carbonyl (C=O) groups excluding carboxylic acids is 3. The van der Waals surface area contributed by atoms with Crippen molar-refractivity contribution in [2.24, 2.45) is 41.2 Å². The van der Waals surface area contributed by atoms with Gasteiger partial charge in [0.1, 0.15) is 0 Å². The molecule has 95 heavy (non-hydrogen) atoms. The number of hydrogen-bond acceptors (Lipinski definition) is 24. The van der Waals surface area contributed by atoms with Crippen LogP contribution in [0.1, 0.15) is 84.8 Å². The van der Waals surface area contributed by atoms with Crippen molar-refractivity contribution in [2.45, 2.75) is 34.7 Å². The number of rotatable bonds is 13. The van der Waals surface area contributed by atoms with Gasteiger partial charge >= 0.3 is 17.9 Å². The predicted octanol–water partition coefficient (Wildman–Crippen LogP) is 8.43. The number of carbonyl (C=O) groups is 3. The fourth-order valence-corrected chi connectivity index (χ4v) is 15.7. The van der Waals surface area contributed by atoms with Crippen molar-refractivity contribution in [2.75, 3.05) is 118 Å². The van der Waals surface area contributed by atoms with E-state index in [0.29, 0.717) is 105 Å². The van der Waals surface area contributed by atoms with Crippen LogP contribution >= 0.6 is 15.9 Å². The molecule has 6 aliphatic heterocycles. The Balaban J connectivity index is 0.000000152. The number of esters is 3. The number of ether oxygens (including phenoxy) is 18. The maximum atomic E-state index is 12.9. The fourth-order valence-electron chi connectivity index (χ4n) is 14.8. The minimum atomic E-state index is -0.843. The first kappa shape index (κ1) is 71.1. The van der Waals surface area contributed by atoms with Crippen LogP contribution in [-0.4, -0.2) is 141 Å². The van der Waals surface area contributed by atoms with Gasteiger partial charge in [-0.15, -0.1) is 0 Å². The van der Waals surface area contributed by atoms with Crippen LogP contribution in [0.3, 0.4) is 0 Å². The van der Waals surface area contributed by atoms with E-state index in [0.717, 1.165) is 44.5 Å². The number of aliphatic hydroxyl groups is 1. The third-order valence-electron chi connectivity index (χ3n) is 18.9. The van der Waals surface area contributed by atoms with Crippen LogP contribution in [0.25, 0.3) is 0 Å². The molecule has 6 aromatic rings. The van der Waals surface area contributed by atoms with E-state index < -0.39 is 12.0 Å². The molecule has 4 N–H and O–H groups in total. The van der Waals surface area contributed by atoms with Gasteiger partial charge in [-0.3, -0.25) is 14.4 Å². The van der Waals surface area contributed by atoms with Crippen molar-refractivity contribution in [3.05, 3.63) is 123 Å². The van der Waals surface area contributed by atoms with Gasteiger partial charge in [0.2, 0.25) is 37.6 Å². The SMILES string of the molecule is CN.CN[C@@H]1c2cc3c(cc2C(c2cc(OC)c(OC)c(OC)c2)[C@H]2C(=O)OC[C@H]12)OCO3.COc1cc(C2c3cc4c(cc3[C@@H](Br)[C@H]3COC(=O)[C@H]23)OCO4)cc(OC)c1OC.COc1cc(C2c3cc4c(cc3[C@H](O)[C@H]3COC(=O)[C@H]23)OCO4)cc(OC)c1OC.[Y].[Y]. The van der Waals surface area contributed by atoms with Crippen LogP contribution in [0.2, 0.25) is 0 Å². The second-order valence-corrected chi connectivity index (χ2v) is 23.9. The Morgan fingerprint density at radius 1 is 0.389 bits per heavy atom. The Kier molecular flexibility index (Phi) is 22.4. The van der Waals surface area contributed by atoms with E-state index in [1.165, 1.54) is 14.2 Å². The molecule has 12 atom stereocenters. The summed E-state index contributed by atoms with van der Waals surface area (Å²) in [6.07, 6.45) is -0.843. The predicted molar refractivity (Wildman–Crippen MR) is 334 cm³/mol. The third kappa shape index (κ3) is 12.4. The van der Waals surface area contributed by atoms with Crippen LogP contribution < -0.4 is 82.1 Å². The van der Waals surface area contributed by atoms with E-state index in [9.17, 15) is 19.5 Å². The molecular weight excluding hydrogens is 1450 g/mol. The molecule has 6 aromatic carbocycles. The summed E-state index contributed by atoms with van der Waals surface area (Å²) in [4.78, 5) is 38.5. The number of nitrogens with one attached hydrogen (secondary N) is 1. The van der Waals surface area contributed by atoms with Gasteiger partial charge in [0.25, 0.3) is 0 Å². The first-order valence-corrected chi connectivity index (χ1v) is 30.9. The van der Waals surface area contributed by atoms with Crippen molar-refractivity contribution in [3.8, 4) is 86.2 Å². The maximum absolute atomic E-state index is 12.9. The number of fused-ring (bicyclic) bond motifs is 9. The minimum absolute atomic E-state index is 0. The fraction of sp³-hybridized carbons (Fsp3) is 0.426. The van der Waals surface area contributed by atoms with Crippen LogP contribution in [0.5, 0.6) is 86.2 Å². The first-order chi connectivity index (χ1) is 45.2. The van der Waals surface area contributed by atoms with Crippen LogP contribution in [0, 0.1) is 35.5 Å². The molecule has 3 saturated heterocycles. The van der Waals surface area contributed by atoms with E-state index in [2.05, 4.69) is 27.0 Å². The molecule has 6 heterocycles. The molecule has 500 valence electrons.